The maximum Gasteiger partial charge on any atom is 0.207 e. The third-order valence-corrected chi connectivity index (χ3v) is 1.16. The molecule has 0 bridgehead atoms. The number of rotatable bonds is 3. The molecule has 0 saturated heterocycles. The van der Waals surface area contributed by atoms with Crippen LogP contribution in [0.5, 0.6) is 0 Å². The van der Waals surface area contributed by atoms with Gasteiger partial charge >= 0.3 is 0 Å². The third-order valence-electron chi connectivity index (χ3n) is 0.523. The molecule has 0 fully saturated rings. The van der Waals surface area contributed by atoms with Crippen molar-refractivity contribution in [1.29, 1.82) is 0 Å². The van der Waals surface area contributed by atoms with Gasteiger partial charge in [-0.2, -0.15) is 0 Å². The van der Waals surface area contributed by atoms with Crippen LogP contribution in [0.3, 0.4) is 0 Å². The summed E-state index contributed by atoms with van der Waals surface area (Å²) in [4.78, 5) is 0. The molecule has 0 spiro atoms. The van der Waals surface area contributed by atoms with Gasteiger partial charge in [0, 0.05) is 17.5 Å². The Morgan fingerprint density at radius 1 is 1.43 bits per heavy atom. The summed E-state index contributed by atoms with van der Waals surface area (Å²) in [5.74, 6) is 0.927. The predicted molar refractivity (Wildman–Crippen MR) is 35.7 cm³/mol. The lowest BCUT2D eigenvalue weighted by molar-refractivity contribution is 0.198. The predicted octanol–water partition coefficient (Wildman–Crippen LogP) is 0.858. The maximum atomic E-state index is 5.11. The SMILES string of the molecule is CCOC[S+](C)C. The van der Waals surface area contributed by atoms with Crippen LogP contribution in [0.4, 0.5) is 0 Å². The van der Waals surface area contributed by atoms with E-state index in [2.05, 4.69) is 12.5 Å². The van der Waals surface area contributed by atoms with E-state index in [0.29, 0.717) is 10.9 Å². The fourth-order valence-electron chi connectivity index (χ4n) is 0.250. The lowest BCUT2D eigenvalue weighted by Crippen LogP contribution is -2.04. The lowest BCUT2D eigenvalue weighted by Gasteiger charge is -1.93. The van der Waals surface area contributed by atoms with Gasteiger partial charge in [0.15, 0.2) is 0 Å². The molecule has 2 heteroatoms. The molecule has 1 nitrogen and oxygen atoms in total. The Kier molecular flexibility index (Phi) is 4.67. The molecule has 0 amide bonds. The molecule has 0 aromatic carbocycles. The van der Waals surface area contributed by atoms with Crippen molar-refractivity contribution in [3.05, 3.63) is 0 Å². The van der Waals surface area contributed by atoms with E-state index >= 15 is 0 Å². The fourth-order valence-corrected chi connectivity index (χ4v) is 0.750. The van der Waals surface area contributed by atoms with Gasteiger partial charge in [-0.05, 0) is 6.92 Å². The minimum Gasteiger partial charge on any atom is -0.336 e. The topological polar surface area (TPSA) is 9.23 Å². The molecule has 0 aliphatic rings. The Balaban J connectivity index is 2.68. The summed E-state index contributed by atoms with van der Waals surface area (Å²) >= 11 is 0. The van der Waals surface area contributed by atoms with Gasteiger partial charge in [0.1, 0.15) is 0 Å². The smallest absolute Gasteiger partial charge is 0.207 e. The van der Waals surface area contributed by atoms with Crippen LogP contribution in [-0.4, -0.2) is 25.1 Å². The largest absolute Gasteiger partial charge is 0.336 e. The highest BCUT2D eigenvalue weighted by Crippen LogP contribution is 1.83. The second kappa shape index (κ2) is 4.47. The summed E-state index contributed by atoms with van der Waals surface area (Å²) in [6, 6.07) is 0. The molecular weight excluding hydrogens is 108 g/mol. The van der Waals surface area contributed by atoms with Gasteiger partial charge in [0.05, 0.1) is 12.5 Å². The molecular formula is C5H13OS+. The van der Waals surface area contributed by atoms with E-state index in [1.165, 1.54) is 0 Å². The van der Waals surface area contributed by atoms with E-state index in [1.54, 1.807) is 0 Å². The first kappa shape index (κ1) is 7.31. The maximum absolute atomic E-state index is 5.11. The molecule has 0 aliphatic heterocycles. The molecule has 0 aromatic rings. The molecule has 7 heavy (non-hydrogen) atoms. The van der Waals surface area contributed by atoms with Crippen LogP contribution in [0.1, 0.15) is 6.92 Å². The van der Waals surface area contributed by atoms with Gasteiger partial charge in [0.25, 0.3) is 0 Å². The zero-order valence-electron chi connectivity index (χ0n) is 5.23. The molecule has 0 radical (unpaired) electrons. The first-order valence-corrected chi connectivity index (χ1v) is 4.60. The molecule has 0 unspecified atom stereocenters. The second-order valence-electron chi connectivity index (χ2n) is 1.60. The van der Waals surface area contributed by atoms with E-state index in [1.807, 2.05) is 6.92 Å². The van der Waals surface area contributed by atoms with Gasteiger partial charge in [0.2, 0.25) is 5.94 Å². The molecule has 0 aliphatic carbocycles. The number of ether oxygens (including phenoxy) is 1. The van der Waals surface area contributed by atoms with E-state index in [9.17, 15) is 0 Å². The van der Waals surface area contributed by atoms with Gasteiger partial charge in [-0.15, -0.1) is 0 Å². The van der Waals surface area contributed by atoms with Crippen molar-refractivity contribution in [2.75, 3.05) is 25.1 Å². The molecule has 0 rings (SSSR count). The van der Waals surface area contributed by atoms with Crippen LogP contribution >= 0.6 is 0 Å². The molecule has 44 valence electrons. The average molecular weight is 121 g/mol. The monoisotopic (exact) mass is 121 g/mol. The summed E-state index contributed by atoms with van der Waals surface area (Å²) < 4.78 is 5.11. The third kappa shape index (κ3) is 6.31. The van der Waals surface area contributed by atoms with Crippen LogP contribution < -0.4 is 0 Å². The van der Waals surface area contributed by atoms with Crippen LogP contribution in [0.15, 0.2) is 0 Å². The van der Waals surface area contributed by atoms with Gasteiger partial charge in [-0.25, -0.2) is 0 Å². The Hall–Kier alpha value is 0.310. The Labute approximate surface area is 48.4 Å². The minimum atomic E-state index is 0.462. The van der Waals surface area contributed by atoms with Crippen LogP contribution in [0, 0.1) is 0 Å². The van der Waals surface area contributed by atoms with E-state index in [0.717, 1.165) is 12.5 Å². The zero-order valence-corrected chi connectivity index (χ0v) is 6.05. The zero-order chi connectivity index (χ0) is 5.70. The molecule has 0 atom stereocenters. The first-order valence-electron chi connectivity index (χ1n) is 2.39. The molecule has 0 N–H and O–H groups in total. The first-order chi connectivity index (χ1) is 3.27. The van der Waals surface area contributed by atoms with E-state index < -0.39 is 0 Å². The van der Waals surface area contributed by atoms with Gasteiger partial charge in [-0.3, -0.25) is 0 Å². The highest BCUT2D eigenvalue weighted by Gasteiger charge is 1.97. The van der Waals surface area contributed by atoms with Crippen molar-refractivity contribution >= 4 is 10.9 Å². The number of hydrogen-bond donors (Lipinski definition) is 0. The Bertz CT molecular complexity index is 37.1. The molecule has 0 heterocycles. The fraction of sp³-hybridized carbons (Fsp3) is 1.00. The van der Waals surface area contributed by atoms with Crippen molar-refractivity contribution in [2.45, 2.75) is 6.92 Å². The second-order valence-corrected chi connectivity index (χ2v) is 3.80. The molecule has 0 saturated carbocycles. The van der Waals surface area contributed by atoms with Crippen molar-refractivity contribution in [2.24, 2.45) is 0 Å². The minimum absolute atomic E-state index is 0.462. The van der Waals surface area contributed by atoms with Crippen molar-refractivity contribution < 1.29 is 4.74 Å². The quantitative estimate of drug-likeness (QED) is 0.503. The highest BCUT2D eigenvalue weighted by molar-refractivity contribution is 7.95. The average Bonchev–Trinajstić information content (AvgIpc) is 1.61. The summed E-state index contributed by atoms with van der Waals surface area (Å²) in [7, 11) is 0.462. The van der Waals surface area contributed by atoms with Crippen molar-refractivity contribution in [3.63, 3.8) is 0 Å². The molecule has 0 aromatic heterocycles. The summed E-state index contributed by atoms with van der Waals surface area (Å²) in [6.45, 7) is 2.87. The van der Waals surface area contributed by atoms with Crippen molar-refractivity contribution in [1.82, 2.24) is 0 Å². The summed E-state index contributed by atoms with van der Waals surface area (Å²) in [5, 5.41) is 0. The standard InChI is InChI=1S/C5H13OS/c1-4-6-5-7(2)3/h4-5H2,1-3H3/q+1. The Morgan fingerprint density at radius 3 is 2.14 bits per heavy atom. The van der Waals surface area contributed by atoms with Crippen LogP contribution in [0.25, 0.3) is 0 Å². The van der Waals surface area contributed by atoms with E-state index in [4.69, 9.17) is 4.74 Å². The summed E-state index contributed by atoms with van der Waals surface area (Å²) in [5.41, 5.74) is 0. The normalized spacial score (nSPS) is 10.3. The van der Waals surface area contributed by atoms with Gasteiger partial charge < -0.3 is 4.74 Å². The number of hydrogen-bond acceptors (Lipinski definition) is 1. The highest BCUT2D eigenvalue weighted by atomic mass is 32.2. The van der Waals surface area contributed by atoms with Crippen LogP contribution in [-0.2, 0) is 15.6 Å². The van der Waals surface area contributed by atoms with Crippen molar-refractivity contribution in [3.8, 4) is 0 Å². The van der Waals surface area contributed by atoms with Crippen LogP contribution in [0.2, 0.25) is 0 Å². The summed E-state index contributed by atoms with van der Waals surface area (Å²) in [6.07, 6.45) is 4.35. The van der Waals surface area contributed by atoms with Gasteiger partial charge in [-0.1, -0.05) is 0 Å². The lowest BCUT2D eigenvalue weighted by atomic mass is 10.9. The van der Waals surface area contributed by atoms with E-state index in [-0.39, 0.29) is 0 Å². The Morgan fingerprint density at radius 2 is 2.00 bits per heavy atom.